The number of nitrogen functional groups attached to an aromatic ring is 1. The minimum absolute atomic E-state index is 0.0138. The van der Waals surface area contributed by atoms with E-state index in [1.165, 1.54) is 25.6 Å². The normalized spacial score (nSPS) is 10.4. The Morgan fingerprint density at radius 3 is 2.45 bits per heavy atom. The maximum Gasteiger partial charge on any atom is 0.348 e. The molecule has 2 N–H and O–H groups in total. The van der Waals surface area contributed by atoms with Gasteiger partial charge in [-0.25, -0.2) is 4.79 Å². The Morgan fingerprint density at radius 2 is 1.76 bits per heavy atom. The highest BCUT2D eigenvalue weighted by atomic mass is 32.1. The molecule has 0 amide bonds. The van der Waals surface area contributed by atoms with E-state index < -0.39 is 11.9 Å². The number of benzene rings is 2. The molecule has 3 rings (SSSR count). The van der Waals surface area contributed by atoms with E-state index in [-0.39, 0.29) is 6.42 Å². The molecule has 0 bridgehead atoms. The lowest BCUT2D eigenvalue weighted by molar-refractivity contribution is -0.139. The van der Waals surface area contributed by atoms with Gasteiger partial charge in [-0.05, 0) is 23.8 Å². The van der Waals surface area contributed by atoms with Gasteiger partial charge >= 0.3 is 11.9 Å². The molecule has 0 aliphatic heterocycles. The molecule has 29 heavy (non-hydrogen) atoms. The first-order chi connectivity index (χ1) is 14.0. The summed E-state index contributed by atoms with van der Waals surface area (Å²) in [5.74, 6) is -0.325. The molecular formula is C22H21NO5S. The van der Waals surface area contributed by atoms with Gasteiger partial charge in [0.1, 0.15) is 17.2 Å². The number of anilines is 1. The first kappa shape index (κ1) is 20.4. The molecule has 0 fully saturated rings. The summed E-state index contributed by atoms with van der Waals surface area (Å²) in [5, 5.41) is 0. The molecule has 0 saturated carbocycles. The van der Waals surface area contributed by atoms with Gasteiger partial charge in [0.25, 0.3) is 0 Å². The predicted molar refractivity (Wildman–Crippen MR) is 112 cm³/mol. The maximum atomic E-state index is 12.1. The number of nitrogens with two attached hydrogens (primary N) is 1. The van der Waals surface area contributed by atoms with Gasteiger partial charge in [-0.2, -0.15) is 0 Å². The molecule has 0 aliphatic carbocycles. The van der Waals surface area contributed by atoms with E-state index in [0.717, 1.165) is 5.56 Å². The number of rotatable bonds is 7. The molecule has 6 nitrogen and oxygen atoms in total. The van der Waals surface area contributed by atoms with Crippen molar-refractivity contribution in [3.8, 4) is 16.9 Å². The van der Waals surface area contributed by atoms with Crippen molar-refractivity contribution in [2.75, 3.05) is 20.0 Å². The topological polar surface area (TPSA) is 87.9 Å². The Labute approximate surface area is 172 Å². The molecule has 0 radical (unpaired) electrons. The van der Waals surface area contributed by atoms with Crippen LogP contribution < -0.4 is 10.5 Å². The molecule has 0 saturated heterocycles. The monoisotopic (exact) mass is 411 g/mol. The second kappa shape index (κ2) is 9.25. The molecule has 0 aliphatic rings. The van der Waals surface area contributed by atoms with E-state index in [1.54, 1.807) is 18.2 Å². The number of ether oxygens (including phenoxy) is 3. The number of hydrogen-bond acceptors (Lipinski definition) is 7. The van der Waals surface area contributed by atoms with Crippen LogP contribution in [0.25, 0.3) is 11.1 Å². The molecule has 0 unspecified atom stereocenters. The molecule has 150 valence electrons. The summed E-state index contributed by atoms with van der Waals surface area (Å²) in [7, 11) is 2.63. The fraction of sp³-hybridized carbons (Fsp3) is 0.182. The van der Waals surface area contributed by atoms with Crippen LogP contribution >= 0.6 is 11.3 Å². The van der Waals surface area contributed by atoms with Crippen LogP contribution in [0.3, 0.4) is 0 Å². The molecule has 2 aromatic carbocycles. The highest BCUT2D eigenvalue weighted by Crippen LogP contribution is 2.41. The van der Waals surface area contributed by atoms with Crippen molar-refractivity contribution in [2.45, 2.75) is 13.0 Å². The summed E-state index contributed by atoms with van der Waals surface area (Å²) in [6.45, 7) is 0.359. The van der Waals surface area contributed by atoms with Crippen molar-refractivity contribution < 1.29 is 23.8 Å². The van der Waals surface area contributed by atoms with Crippen molar-refractivity contribution in [1.82, 2.24) is 0 Å². The smallest absolute Gasteiger partial charge is 0.348 e. The molecule has 0 atom stereocenters. The summed E-state index contributed by atoms with van der Waals surface area (Å²) in [6.07, 6.45) is 0.0138. The van der Waals surface area contributed by atoms with E-state index in [4.69, 9.17) is 19.9 Å². The third kappa shape index (κ3) is 4.75. The second-order valence-corrected chi connectivity index (χ2v) is 7.32. The Kier molecular flexibility index (Phi) is 6.51. The summed E-state index contributed by atoms with van der Waals surface area (Å²) in [5.41, 5.74) is 9.05. The van der Waals surface area contributed by atoms with Crippen LogP contribution in [-0.2, 0) is 27.3 Å². The van der Waals surface area contributed by atoms with Crippen LogP contribution in [0, 0.1) is 0 Å². The van der Waals surface area contributed by atoms with Crippen LogP contribution in [0.4, 0.5) is 5.69 Å². The first-order valence-electron chi connectivity index (χ1n) is 8.87. The molecule has 3 aromatic rings. The number of thiophene rings is 1. The number of carbonyl (C=O) groups is 2. The highest BCUT2D eigenvalue weighted by molar-refractivity contribution is 7.14. The molecule has 7 heteroatoms. The number of methoxy groups -OCH3 is 2. The quantitative estimate of drug-likeness (QED) is 0.466. The van der Waals surface area contributed by atoms with E-state index in [2.05, 4.69) is 0 Å². The molecule has 1 aromatic heterocycles. The van der Waals surface area contributed by atoms with Gasteiger partial charge in [-0.15, -0.1) is 11.3 Å². The highest BCUT2D eigenvalue weighted by Gasteiger charge is 2.22. The minimum atomic E-state index is -0.478. The van der Waals surface area contributed by atoms with Gasteiger partial charge in [-0.1, -0.05) is 36.4 Å². The summed E-state index contributed by atoms with van der Waals surface area (Å²) in [6, 6.07) is 16.8. The molecule has 1 heterocycles. The summed E-state index contributed by atoms with van der Waals surface area (Å²) in [4.78, 5) is 25.0. The zero-order valence-electron chi connectivity index (χ0n) is 16.1. The van der Waals surface area contributed by atoms with Gasteiger partial charge in [0.2, 0.25) is 0 Å². The summed E-state index contributed by atoms with van der Waals surface area (Å²) < 4.78 is 15.7. The van der Waals surface area contributed by atoms with Gasteiger partial charge in [0.15, 0.2) is 0 Å². The lowest BCUT2D eigenvalue weighted by Gasteiger charge is -2.14. The average molecular weight is 411 g/mol. The van der Waals surface area contributed by atoms with Gasteiger partial charge < -0.3 is 19.9 Å². The third-order valence-electron chi connectivity index (χ3n) is 4.29. The van der Waals surface area contributed by atoms with Gasteiger partial charge in [-0.3, -0.25) is 4.79 Å². The second-order valence-electron chi connectivity index (χ2n) is 6.19. The largest absolute Gasteiger partial charge is 0.488 e. The van der Waals surface area contributed by atoms with Crippen LogP contribution in [0.1, 0.15) is 20.1 Å². The van der Waals surface area contributed by atoms with Crippen molar-refractivity contribution >= 4 is 29.0 Å². The van der Waals surface area contributed by atoms with Crippen LogP contribution in [0.2, 0.25) is 0 Å². The fourth-order valence-corrected chi connectivity index (χ4v) is 3.94. The average Bonchev–Trinajstić information content (AvgIpc) is 3.15. The van der Waals surface area contributed by atoms with Crippen LogP contribution in [0.5, 0.6) is 5.75 Å². The van der Waals surface area contributed by atoms with Crippen molar-refractivity contribution in [3.63, 3.8) is 0 Å². The Balaban J connectivity index is 2.03. The first-order valence-corrected chi connectivity index (χ1v) is 9.68. The summed E-state index contributed by atoms with van der Waals surface area (Å²) >= 11 is 1.18. The van der Waals surface area contributed by atoms with Gasteiger partial charge in [0.05, 0.1) is 20.6 Å². The Hall–Kier alpha value is -3.32. The van der Waals surface area contributed by atoms with Gasteiger partial charge in [0, 0.05) is 21.7 Å². The SMILES string of the molecule is COC(=O)Cc1sc(C(=O)OC)cc1-c1c(N)cccc1OCc1ccccc1. The zero-order valence-corrected chi connectivity index (χ0v) is 17.0. The minimum Gasteiger partial charge on any atom is -0.488 e. The fourth-order valence-electron chi connectivity index (χ4n) is 2.87. The van der Waals surface area contributed by atoms with Crippen molar-refractivity contribution in [1.29, 1.82) is 0 Å². The lowest BCUT2D eigenvalue weighted by atomic mass is 10.0. The number of carbonyl (C=O) groups excluding carboxylic acids is 2. The van der Waals surface area contributed by atoms with Crippen molar-refractivity contribution in [2.24, 2.45) is 0 Å². The Bertz CT molecular complexity index is 1010. The van der Waals surface area contributed by atoms with E-state index in [9.17, 15) is 9.59 Å². The molecular weight excluding hydrogens is 390 g/mol. The maximum absolute atomic E-state index is 12.1. The van der Waals surface area contributed by atoms with Crippen LogP contribution in [-0.4, -0.2) is 26.2 Å². The zero-order chi connectivity index (χ0) is 20.8. The standard InChI is InChI=1S/C22H21NO5S/c1-26-20(24)12-18-15(11-19(29-18)22(25)27-2)21-16(23)9-6-10-17(21)28-13-14-7-4-3-5-8-14/h3-11H,12-13,23H2,1-2H3. The van der Waals surface area contributed by atoms with E-state index in [0.29, 0.717) is 38.9 Å². The predicted octanol–water partition coefficient (Wildman–Crippen LogP) is 4.08. The number of esters is 2. The molecule has 0 spiro atoms. The van der Waals surface area contributed by atoms with Crippen LogP contribution in [0.15, 0.2) is 54.6 Å². The van der Waals surface area contributed by atoms with Crippen molar-refractivity contribution in [3.05, 3.63) is 69.9 Å². The Morgan fingerprint density at radius 1 is 1.00 bits per heavy atom. The number of hydrogen-bond donors (Lipinski definition) is 1. The lowest BCUT2D eigenvalue weighted by Crippen LogP contribution is -2.05. The van der Waals surface area contributed by atoms with E-state index in [1.807, 2.05) is 36.4 Å². The van der Waals surface area contributed by atoms with E-state index >= 15 is 0 Å². The third-order valence-corrected chi connectivity index (χ3v) is 5.41.